The van der Waals surface area contributed by atoms with Gasteiger partial charge in [0, 0.05) is 35.3 Å². The van der Waals surface area contributed by atoms with Crippen LogP contribution < -0.4 is 10.1 Å². The number of likely N-dealkylation sites (tertiary alicyclic amines) is 1. The largest absolute Gasteiger partial charge is 0.495 e. The number of anilines is 1. The van der Waals surface area contributed by atoms with E-state index in [1.807, 2.05) is 0 Å². The molecule has 1 fully saturated rings. The predicted octanol–water partition coefficient (Wildman–Crippen LogP) is 4.49. The number of ether oxygens (including phenoxy) is 1. The van der Waals surface area contributed by atoms with E-state index in [2.05, 4.69) is 5.32 Å². The lowest BCUT2D eigenvalue weighted by Crippen LogP contribution is -2.41. The summed E-state index contributed by atoms with van der Waals surface area (Å²) in [4.78, 5) is 26.8. The number of carbonyl (C=O) groups excluding carboxylic acids is 2. The molecule has 0 atom stereocenters. The summed E-state index contributed by atoms with van der Waals surface area (Å²) in [5, 5.41) is 3.86. The molecule has 0 radical (unpaired) electrons. The van der Waals surface area contributed by atoms with Crippen molar-refractivity contribution in [3.8, 4) is 5.75 Å². The van der Waals surface area contributed by atoms with E-state index in [0.29, 0.717) is 53.0 Å². The molecule has 142 valence electrons. The normalized spacial score (nSPS) is 14.7. The number of rotatable bonds is 4. The molecule has 1 heterocycles. The third kappa shape index (κ3) is 4.73. The Morgan fingerprint density at radius 3 is 2.48 bits per heavy atom. The maximum absolute atomic E-state index is 12.6. The summed E-state index contributed by atoms with van der Waals surface area (Å²) in [5.74, 6) is 0.293. The highest BCUT2D eigenvalue weighted by atomic mass is 35.5. The van der Waals surface area contributed by atoms with Crippen molar-refractivity contribution in [2.45, 2.75) is 12.8 Å². The van der Waals surface area contributed by atoms with Crippen molar-refractivity contribution in [3.05, 3.63) is 58.1 Å². The molecule has 27 heavy (non-hydrogen) atoms. The zero-order valence-corrected chi connectivity index (χ0v) is 16.4. The molecule has 2 aromatic carbocycles. The van der Waals surface area contributed by atoms with Gasteiger partial charge in [0.1, 0.15) is 5.75 Å². The van der Waals surface area contributed by atoms with Crippen molar-refractivity contribution >= 4 is 40.7 Å². The van der Waals surface area contributed by atoms with Gasteiger partial charge in [0.25, 0.3) is 5.91 Å². The highest BCUT2D eigenvalue weighted by molar-refractivity contribution is 6.32. The lowest BCUT2D eigenvalue weighted by molar-refractivity contribution is -0.121. The topological polar surface area (TPSA) is 58.6 Å². The average molecular weight is 407 g/mol. The number of benzene rings is 2. The summed E-state index contributed by atoms with van der Waals surface area (Å²) in [6, 6.07) is 12.0. The Morgan fingerprint density at radius 1 is 1.11 bits per heavy atom. The van der Waals surface area contributed by atoms with Crippen LogP contribution in [0, 0.1) is 5.92 Å². The van der Waals surface area contributed by atoms with Crippen LogP contribution in [0.3, 0.4) is 0 Å². The number of methoxy groups -OCH3 is 1. The first kappa shape index (κ1) is 19.5. The molecule has 0 spiro atoms. The third-order valence-corrected chi connectivity index (χ3v) is 5.17. The molecule has 1 aliphatic rings. The molecule has 1 saturated heterocycles. The van der Waals surface area contributed by atoms with Gasteiger partial charge in [-0.1, -0.05) is 29.3 Å². The van der Waals surface area contributed by atoms with Crippen LogP contribution in [0.25, 0.3) is 0 Å². The number of amides is 2. The van der Waals surface area contributed by atoms with Crippen molar-refractivity contribution in [1.29, 1.82) is 0 Å². The first-order chi connectivity index (χ1) is 13.0. The maximum atomic E-state index is 12.6. The molecule has 7 heteroatoms. The van der Waals surface area contributed by atoms with Crippen molar-refractivity contribution in [2.75, 3.05) is 25.5 Å². The van der Waals surface area contributed by atoms with E-state index < -0.39 is 0 Å². The molecular formula is C20H20Cl2N2O3. The van der Waals surface area contributed by atoms with Crippen LogP contribution in [-0.2, 0) is 4.79 Å². The summed E-state index contributed by atoms with van der Waals surface area (Å²) in [5.41, 5.74) is 1.20. The van der Waals surface area contributed by atoms with Crippen LogP contribution >= 0.6 is 23.2 Å². The minimum Gasteiger partial charge on any atom is -0.495 e. The van der Waals surface area contributed by atoms with E-state index in [4.69, 9.17) is 27.9 Å². The Hall–Kier alpha value is -2.24. The molecule has 2 aromatic rings. The van der Waals surface area contributed by atoms with E-state index in [0.717, 1.165) is 0 Å². The predicted molar refractivity (Wildman–Crippen MR) is 107 cm³/mol. The van der Waals surface area contributed by atoms with Gasteiger partial charge in [0.2, 0.25) is 5.91 Å². The lowest BCUT2D eigenvalue weighted by atomic mass is 9.95. The van der Waals surface area contributed by atoms with Crippen molar-refractivity contribution in [2.24, 2.45) is 5.92 Å². The molecule has 0 saturated carbocycles. The first-order valence-corrected chi connectivity index (χ1v) is 9.43. The fourth-order valence-corrected chi connectivity index (χ4v) is 3.59. The van der Waals surface area contributed by atoms with Gasteiger partial charge in [0.05, 0.1) is 12.1 Å². The molecule has 0 aliphatic carbocycles. The standard InChI is InChI=1S/C20H20Cl2N2O3/c1-27-18-6-5-16(12-17(18)22)23-19(25)13-7-9-24(10-8-13)20(26)14-3-2-4-15(21)11-14/h2-6,11-13H,7-10H2,1H3,(H,23,25). The van der Waals surface area contributed by atoms with E-state index >= 15 is 0 Å². The average Bonchev–Trinajstić information content (AvgIpc) is 2.67. The van der Waals surface area contributed by atoms with E-state index in [-0.39, 0.29) is 17.7 Å². The van der Waals surface area contributed by atoms with E-state index in [1.54, 1.807) is 47.4 Å². The molecule has 0 unspecified atom stereocenters. The van der Waals surface area contributed by atoms with Gasteiger partial charge in [-0.25, -0.2) is 0 Å². The van der Waals surface area contributed by atoms with E-state index in [9.17, 15) is 9.59 Å². The molecule has 1 N–H and O–H groups in total. The molecule has 0 bridgehead atoms. The van der Waals surface area contributed by atoms with Crippen LogP contribution in [0.5, 0.6) is 5.75 Å². The van der Waals surface area contributed by atoms with Crippen LogP contribution in [0.4, 0.5) is 5.69 Å². The second kappa shape index (κ2) is 8.63. The van der Waals surface area contributed by atoms with Crippen LogP contribution in [0.1, 0.15) is 23.2 Å². The van der Waals surface area contributed by atoms with Gasteiger partial charge in [0.15, 0.2) is 0 Å². The third-order valence-electron chi connectivity index (χ3n) is 4.64. The second-order valence-electron chi connectivity index (χ2n) is 6.42. The van der Waals surface area contributed by atoms with Crippen molar-refractivity contribution in [1.82, 2.24) is 4.90 Å². The first-order valence-electron chi connectivity index (χ1n) is 8.67. The van der Waals surface area contributed by atoms with E-state index in [1.165, 1.54) is 7.11 Å². The molecule has 3 rings (SSSR count). The monoisotopic (exact) mass is 406 g/mol. The zero-order chi connectivity index (χ0) is 19.4. The minimum atomic E-state index is -0.144. The number of nitrogens with one attached hydrogen (secondary N) is 1. The summed E-state index contributed by atoms with van der Waals surface area (Å²) in [7, 11) is 1.54. The highest BCUT2D eigenvalue weighted by Gasteiger charge is 2.28. The summed E-state index contributed by atoms with van der Waals surface area (Å²) >= 11 is 12.1. The molecule has 1 aliphatic heterocycles. The van der Waals surface area contributed by atoms with Gasteiger partial charge in [-0.05, 0) is 49.2 Å². The highest BCUT2D eigenvalue weighted by Crippen LogP contribution is 2.28. The number of nitrogens with zero attached hydrogens (tertiary/aromatic N) is 1. The Labute approximate surface area is 168 Å². The fraction of sp³-hybridized carbons (Fsp3) is 0.300. The van der Waals surface area contributed by atoms with Gasteiger partial charge in [-0.3, -0.25) is 9.59 Å². The van der Waals surface area contributed by atoms with Gasteiger partial charge < -0.3 is 15.0 Å². The molecule has 2 amide bonds. The molecule has 5 nitrogen and oxygen atoms in total. The van der Waals surface area contributed by atoms with Crippen LogP contribution in [0.2, 0.25) is 10.0 Å². The quantitative estimate of drug-likeness (QED) is 0.813. The second-order valence-corrected chi connectivity index (χ2v) is 7.26. The van der Waals surface area contributed by atoms with Gasteiger partial charge in [-0.2, -0.15) is 0 Å². The number of carbonyl (C=O) groups is 2. The number of piperidine rings is 1. The maximum Gasteiger partial charge on any atom is 0.253 e. The summed E-state index contributed by atoms with van der Waals surface area (Å²) in [6.07, 6.45) is 1.23. The minimum absolute atomic E-state index is 0.0571. The van der Waals surface area contributed by atoms with Gasteiger partial charge in [-0.15, -0.1) is 0 Å². The lowest BCUT2D eigenvalue weighted by Gasteiger charge is -2.31. The number of hydrogen-bond donors (Lipinski definition) is 1. The Bertz CT molecular complexity index is 849. The van der Waals surface area contributed by atoms with Crippen LogP contribution in [-0.4, -0.2) is 36.9 Å². The Morgan fingerprint density at radius 2 is 1.85 bits per heavy atom. The molecular weight excluding hydrogens is 387 g/mol. The number of halogens is 2. The number of hydrogen-bond acceptors (Lipinski definition) is 3. The summed E-state index contributed by atoms with van der Waals surface area (Å²) in [6.45, 7) is 1.07. The fourth-order valence-electron chi connectivity index (χ4n) is 3.14. The summed E-state index contributed by atoms with van der Waals surface area (Å²) < 4.78 is 5.11. The van der Waals surface area contributed by atoms with Crippen molar-refractivity contribution in [3.63, 3.8) is 0 Å². The van der Waals surface area contributed by atoms with Crippen molar-refractivity contribution < 1.29 is 14.3 Å². The van der Waals surface area contributed by atoms with Crippen LogP contribution in [0.15, 0.2) is 42.5 Å². The smallest absolute Gasteiger partial charge is 0.253 e. The Balaban J connectivity index is 1.56. The zero-order valence-electron chi connectivity index (χ0n) is 14.9. The van der Waals surface area contributed by atoms with Gasteiger partial charge >= 0.3 is 0 Å². The molecule has 0 aromatic heterocycles. The Kier molecular flexibility index (Phi) is 6.24. The SMILES string of the molecule is COc1ccc(NC(=O)C2CCN(C(=O)c3cccc(Cl)c3)CC2)cc1Cl.